The van der Waals surface area contributed by atoms with Crippen molar-refractivity contribution in [3.05, 3.63) is 66.4 Å². The van der Waals surface area contributed by atoms with Gasteiger partial charge in [0.25, 0.3) is 0 Å². The molecule has 2 aromatic heterocycles. The van der Waals surface area contributed by atoms with Gasteiger partial charge in [-0.05, 0) is 43.3 Å². The van der Waals surface area contributed by atoms with Gasteiger partial charge in [0, 0.05) is 30.4 Å². The summed E-state index contributed by atoms with van der Waals surface area (Å²) in [5.41, 5.74) is 2.82. The predicted molar refractivity (Wildman–Crippen MR) is 90.0 cm³/mol. The van der Waals surface area contributed by atoms with Crippen molar-refractivity contribution >= 4 is 0 Å². The topological polar surface area (TPSA) is 62.8 Å². The quantitative estimate of drug-likeness (QED) is 0.700. The van der Waals surface area contributed by atoms with Gasteiger partial charge in [0.1, 0.15) is 17.7 Å². The van der Waals surface area contributed by atoms with Crippen molar-refractivity contribution in [2.24, 2.45) is 0 Å². The molecule has 0 aliphatic rings. The highest BCUT2D eigenvalue weighted by Crippen LogP contribution is 2.21. The Morgan fingerprint density at radius 3 is 2.79 bits per heavy atom. The lowest BCUT2D eigenvalue weighted by Gasteiger charge is -2.15. The van der Waals surface area contributed by atoms with E-state index in [-0.39, 0.29) is 11.9 Å². The molecule has 3 aromatic rings. The molecule has 1 atom stereocenters. The maximum atomic E-state index is 13.0. The molecule has 0 bridgehead atoms. The molecule has 2 heterocycles. The Kier molecular flexibility index (Phi) is 5.18. The van der Waals surface area contributed by atoms with Gasteiger partial charge in [-0.1, -0.05) is 0 Å². The number of halogens is 1. The number of pyridine rings is 1. The zero-order chi connectivity index (χ0) is 16.8. The normalized spacial score (nSPS) is 12.1. The molecule has 0 saturated carbocycles. The minimum absolute atomic E-state index is 0.00960. The van der Waals surface area contributed by atoms with Gasteiger partial charge in [-0.2, -0.15) is 5.10 Å². The fourth-order valence-electron chi connectivity index (χ4n) is 2.41. The van der Waals surface area contributed by atoms with Crippen LogP contribution in [0, 0.1) is 5.82 Å². The molecule has 5 nitrogen and oxygen atoms in total. The van der Waals surface area contributed by atoms with Crippen LogP contribution in [-0.2, 0) is 6.54 Å². The summed E-state index contributed by atoms with van der Waals surface area (Å²) in [6.07, 6.45) is 5.19. The Morgan fingerprint density at radius 1 is 1.21 bits per heavy atom. The third kappa shape index (κ3) is 4.17. The number of nitrogens with zero attached hydrogens (tertiary/aromatic N) is 2. The van der Waals surface area contributed by atoms with Crippen LogP contribution in [0.5, 0.6) is 5.75 Å². The number of H-pyrrole nitrogens is 1. The van der Waals surface area contributed by atoms with Crippen molar-refractivity contribution < 1.29 is 9.13 Å². The molecule has 0 saturated heterocycles. The number of ether oxygens (including phenoxy) is 1. The first-order chi connectivity index (χ1) is 11.7. The monoisotopic (exact) mass is 326 g/mol. The van der Waals surface area contributed by atoms with Gasteiger partial charge in [0.2, 0.25) is 0 Å². The highest BCUT2D eigenvalue weighted by Gasteiger charge is 2.09. The summed E-state index contributed by atoms with van der Waals surface area (Å²) < 4.78 is 18.8. The highest BCUT2D eigenvalue weighted by atomic mass is 19.1. The molecule has 1 aromatic carbocycles. The van der Waals surface area contributed by atoms with E-state index in [0.29, 0.717) is 13.1 Å². The maximum Gasteiger partial charge on any atom is 0.138 e. The summed E-state index contributed by atoms with van der Waals surface area (Å²) in [6, 6.07) is 10.1. The van der Waals surface area contributed by atoms with E-state index in [2.05, 4.69) is 20.5 Å². The number of benzene rings is 1. The zero-order valence-corrected chi connectivity index (χ0v) is 13.4. The summed E-state index contributed by atoms with van der Waals surface area (Å²) in [5.74, 6) is 0.501. The van der Waals surface area contributed by atoms with Crippen molar-refractivity contribution in [3.63, 3.8) is 0 Å². The average molecular weight is 326 g/mol. The minimum Gasteiger partial charge on any atom is -0.488 e. The standard InChI is InChI=1S/C18H19FN4O/c1-13(24-17-3-2-8-20-12-17)9-21-10-15-11-22-23-18(15)14-4-6-16(19)7-5-14/h2-8,11-13,21H,9-10H2,1H3,(H,22,23)/t13-/m1/s1. The molecule has 0 radical (unpaired) electrons. The predicted octanol–water partition coefficient (Wildman–Crippen LogP) is 3.17. The zero-order valence-electron chi connectivity index (χ0n) is 13.4. The Hall–Kier alpha value is -2.73. The van der Waals surface area contributed by atoms with Gasteiger partial charge in [0.15, 0.2) is 0 Å². The van der Waals surface area contributed by atoms with Crippen LogP contribution in [0.4, 0.5) is 4.39 Å². The maximum absolute atomic E-state index is 13.0. The molecule has 0 fully saturated rings. The van der Waals surface area contributed by atoms with E-state index in [0.717, 1.165) is 22.6 Å². The molecule has 24 heavy (non-hydrogen) atoms. The van der Waals surface area contributed by atoms with Crippen molar-refractivity contribution in [1.29, 1.82) is 0 Å². The van der Waals surface area contributed by atoms with Crippen molar-refractivity contribution in [3.8, 4) is 17.0 Å². The Labute approximate surface area is 139 Å². The van der Waals surface area contributed by atoms with E-state index in [4.69, 9.17) is 4.74 Å². The Morgan fingerprint density at radius 2 is 2.04 bits per heavy atom. The fraction of sp³-hybridized carbons (Fsp3) is 0.222. The average Bonchev–Trinajstić information content (AvgIpc) is 3.05. The van der Waals surface area contributed by atoms with E-state index >= 15 is 0 Å². The van der Waals surface area contributed by atoms with Crippen molar-refractivity contribution in [1.82, 2.24) is 20.5 Å². The molecule has 6 heteroatoms. The molecular weight excluding hydrogens is 307 g/mol. The second kappa shape index (κ2) is 7.70. The number of aromatic nitrogens is 3. The lowest BCUT2D eigenvalue weighted by Crippen LogP contribution is -2.28. The van der Waals surface area contributed by atoms with E-state index in [1.165, 1.54) is 12.1 Å². The lowest BCUT2D eigenvalue weighted by molar-refractivity contribution is 0.216. The summed E-state index contributed by atoms with van der Waals surface area (Å²) in [7, 11) is 0. The van der Waals surface area contributed by atoms with Gasteiger partial charge in [-0.3, -0.25) is 10.1 Å². The largest absolute Gasteiger partial charge is 0.488 e. The van der Waals surface area contributed by atoms with E-state index in [1.54, 1.807) is 30.7 Å². The van der Waals surface area contributed by atoms with Crippen LogP contribution in [0.3, 0.4) is 0 Å². The SMILES string of the molecule is C[C@H](CNCc1cn[nH]c1-c1ccc(F)cc1)Oc1cccnc1. The van der Waals surface area contributed by atoms with Crippen LogP contribution in [0.1, 0.15) is 12.5 Å². The molecule has 0 spiro atoms. The summed E-state index contributed by atoms with van der Waals surface area (Å²) in [6.45, 7) is 3.32. The number of rotatable bonds is 7. The first kappa shape index (κ1) is 16.1. The van der Waals surface area contributed by atoms with Gasteiger partial charge in [-0.15, -0.1) is 0 Å². The molecule has 124 valence electrons. The third-order valence-corrected chi connectivity index (χ3v) is 3.57. The first-order valence-electron chi connectivity index (χ1n) is 7.78. The summed E-state index contributed by atoms with van der Waals surface area (Å²) in [4.78, 5) is 4.03. The molecule has 0 aliphatic carbocycles. The number of nitrogens with one attached hydrogen (secondary N) is 2. The van der Waals surface area contributed by atoms with E-state index < -0.39 is 0 Å². The Bertz CT molecular complexity index is 758. The first-order valence-corrected chi connectivity index (χ1v) is 7.78. The molecule has 0 aliphatic heterocycles. The third-order valence-electron chi connectivity index (χ3n) is 3.57. The van der Waals surface area contributed by atoms with E-state index in [9.17, 15) is 4.39 Å². The van der Waals surface area contributed by atoms with E-state index in [1.807, 2.05) is 19.1 Å². The molecular formula is C18H19FN4O. The van der Waals surface area contributed by atoms with Crippen molar-refractivity contribution in [2.45, 2.75) is 19.6 Å². The molecule has 0 amide bonds. The van der Waals surface area contributed by atoms with Crippen LogP contribution in [0.15, 0.2) is 55.0 Å². The number of hydrogen-bond acceptors (Lipinski definition) is 4. The molecule has 3 rings (SSSR count). The van der Waals surface area contributed by atoms with Crippen molar-refractivity contribution in [2.75, 3.05) is 6.54 Å². The second-order valence-electron chi connectivity index (χ2n) is 5.53. The van der Waals surface area contributed by atoms with Crippen LogP contribution in [0.2, 0.25) is 0 Å². The molecule has 0 unspecified atom stereocenters. The molecule has 2 N–H and O–H groups in total. The van der Waals surface area contributed by atoms with Crippen LogP contribution in [-0.4, -0.2) is 27.8 Å². The highest BCUT2D eigenvalue weighted by molar-refractivity contribution is 5.62. The lowest BCUT2D eigenvalue weighted by atomic mass is 10.1. The van der Waals surface area contributed by atoms with Gasteiger partial charge < -0.3 is 10.1 Å². The number of hydrogen-bond donors (Lipinski definition) is 2. The second-order valence-corrected chi connectivity index (χ2v) is 5.53. The van der Waals surface area contributed by atoms with Gasteiger partial charge in [-0.25, -0.2) is 4.39 Å². The smallest absolute Gasteiger partial charge is 0.138 e. The Balaban J connectivity index is 1.54. The fourth-order valence-corrected chi connectivity index (χ4v) is 2.41. The van der Waals surface area contributed by atoms with Crippen LogP contribution >= 0.6 is 0 Å². The van der Waals surface area contributed by atoms with Gasteiger partial charge in [0.05, 0.1) is 18.1 Å². The van der Waals surface area contributed by atoms with Crippen LogP contribution in [0.25, 0.3) is 11.3 Å². The summed E-state index contributed by atoms with van der Waals surface area (Å²) >= 11 is 0. The van der Waals surface area contributed by atoms with Crippen LogP contribution < -0.4 is 10.1 Å². The van der Waals surface area contributed by atoms with Gasteiger partial charge >= 0.3 is 0 Å². The minimum atomic E-state index is -0.251. The summed E-state index contributed by atoms with van der Waals surface area (Å²) in [5, 5.41) is 10.4. The number of aromatic amines is 1.